The third-order valence-electron chi connectivity index (χ3n) is 6.44. The van der Waals surface area contributed by atoms with Crippen LogP contribution in [0.3, 0.4) is 0 Å². The van der Waals surface area contributed by atoms with Gasteiger partial charge in [0.1, 0.15) is 11.5 Å². The van der Waals surface area contributed by atoms with E-state index in [1.165, 1.54) is 24.0 Å². The second-order valence-electron chi connectivity index (χ2n) is 8.90. The summed E-state index contributed by atoms with van der Waals surface area (Å²) in [6, 6.07) is 21.1. The molecular weight excluding hydrogens is 408 g/mol. The normalized spacial score (nSPS) is 16.5. The van der Waals surface area contributed by atoms with Crippen LogP contribution in [0, 0.1) is 0 Å². The highest BCUT2D eigenvalue weighted by Crippen LogP contribution is 2.53. The van der Waals surface area contributed by atoms with Crippen LogP contribution in [0.1, 0.15) is 51.4 Å². The summed E-state index contributed by atoms with van der Waals surface area (Å²) in [6.45, 7) is 2.11. The van der Waals surface area contributed by atoms with Crippen LogP contribution in [-0.2, 0) is 24.9 Å². The lowest BCUT2D eigenvalue weighted by atomic mass is 9.87. The van der Waals surface area contributed by atoms with E-state index in [0.29, 0.717) is 13.1 Å². The smallest absolute Gasteiger partial charge is 0.254 e. The average Bonchev–Trinajstić information content (AvgIpc) is 3.48. The number of rotatable bonds is 5. The van der Waals surface area contributed by atoms with Gasteiger partial charge in [-0.25, -0.2) is 0 Å². The van der Waals surface area contributed by atoms with Crippen molar-refractivity contribution in [2.24, 2.45) is 0 Å². The predicted molar refractivity (Wildman–Crippen MR) is 125 cm³/mol. The Balaban J connectivity index is 0.00000231. The van der Waals surface area contributed by atoms with Gasteiger partial charge in [0.25, 0.3) is 5.91 Å². The number of nitrogens with zero attached hydrogens (tertiary/aromatic N) is 2. The van der Waals surface area contributed by atoms with Crippen LogP contribution < -0.4 is 0 Å². The topological polar surface area (TPSA) is 36.7 Å². The summed E-state index contributed by atoms with van der Waals surface area (Å²) in [6.07, 6.45) is 3.13. The number of fused-ring (bicyclic) bond motifs is 1. The van der Waals surface area contributed by atoms with Crippen LogP contribution in [0.5, 0.6) is 0 Å². The Hall–Kier alpha value is -2.56. The number of furan rings is 1. The minimum absolute atomic E-state index is 0. The molecule has 5 rings (SSSR count). The van der Waals surface area contributed by atoms with Gasteiger partial charge in [0.2, 0.25) is 0 Å². The SMILES string of the molecule is CN(C)Cc1cc2c(o1)CCN(C(=O)c1ccc(C3(c4ccccc4)CC3)cc1)C2.Cl. The summed E-state index contributed by atoms with van der Waals surface area (Å²) in [5.74, 6) is 2.11. The Bertz CT molecular complexity index is 1050. The fourth-order valence-corrected chi connectivity index (χ4v) is 4.70. The molecule has 162 valence electrons. The van der Waals surface area contributed by atoms with Crippen LogP contribution in [0.2, 0.25) is 0 Å². The first-order chi connectivity index (χ1) is 14.5. The molecule has 0 saturated heterocycles. The quantitative estimate of drug-likeness (QED) is 0.562. The van der Waals surface area contributed by atoms with E-state index in [1.807, 2.05) is 31.1 Å². The van der Waals surface area contributed by atoms with Gasteiger partial charge in [-0.05, 0) is 56.3 Å². The number of carbonyl (C=O) groups excluding carboxylic acids is 1. The Kier molecular flexibility index (Phi) is 5.96. The third kappa shape index (κ3) is 4.15. The molecule has 0 atom stereocenters. The molecule has 0 bridgehead atoms. The monoisotopic (exact) mass is 436 g/mol. The van der Waals surface area contributed by atoms with Gasteiger partial charge in [-0.15, -0.1) is 12.4 Å². The summed E-state index contributed by atoms with van der Waals surface area (Å²) in [4.78, 5) is 17.2. The minimum Gasteiger partial charge on any atom is -0.464 e. The molecule has 1 saturated carbocycles. The van der Waals surface area contributed by atoms with Crippen molar-refractivity contribution in [1.82, 2.24) is 9.80 Å². The van der Waals surface area contributed by atoms with Crippen molar-refractivity contribution < 1.29 is 9.21 Å². The number of carbonyl (C=O) groups is 1. The molecule has 0 N–H and O–H groups in total. The lowest BCUT2D eigenvalue weighted by Gasteiger charge is -2.26. The number of hydrogen-bond donors (Lipinski definition) is 0. The molecular formula is C26H29ClN2O2. The summed E-state index contributed by atoms with van der Waals surface area (Å²) in [7, 11) is 4.06. The standard InChI is InChI=1S/C26H28N2O2.ClH/c1-27(2)18-23-16-20-17-28(15-12-24(20)30-23)25(29)19-8-10-22(11-9-19)26(13-14-26)21-6-4-3-5-7-21;/h3-11,16H,12-15,17-18H2,1-2H3;1H. The lowest BCUT2D eigenvalue weighted by Crippen LogP contribution is -2.35. The van der Waals surface area contributed by atoms with E-state index in [1.54, 1.807) is 0 Å². The lowest BCUT2D eigenvalue weighted by molar-refractivity contribution is 0.0729. The molecule has 3 aromatic rings. The number of benzene rings is 2. The third-order valence-corrected chi connectivity index (χ3v) is 6.44. The molecule has 1 aliphatic heterocycles. The molecule has 1 fully saturated rings. The largest absolute Gasteiger partial charge is 0.464 e. The Labute approximate surface area is 190 Å². The van der Waals surface area contributed by atoms with Gasteiger partial charge in [-0.2, -0.15) is 0 Å². The van der Waals surface area contributed by atoms with E-state index in [2.05, 4.69) is 53.4 Å². The van der Waals surface area contributed by atoms with Crippen LogP contribution in [0.25, 0.3) is 0 Å². The summed E-state index contributed by atoms with van der Waals surface area (Å²) < 4.78 is 5.97. The fourth-order valence-electron chi connectivity index (χ4n) is 4.70. The maximum atomic E-state index is 13.1. The Morgan fingerprint density at radius 1 is 1.03 bits per heavy atom. The zero-order valence-corrected chi connectivity index (χ0v) is 19.0. The molecule has 0 radical (unpaired) electrons. The molecule has 1 amide bonds. The molecule has 5 heteroatoms. The van der Waals surface area contributed by atoms with E-state index in [4.69, 9.17) is 4.42 Å². The fraction of sp³-hybridized carbons (Fsp3) is 0.346. The highest BCUT2D eigenvalue weighted by Gasteiger charge is 2.45. The molecule has 31 heavy (non-hydrogen) atoms. The minimum atomic E-state index is 0. The second kappa shape index (κ2) is 8.52. The van der Waals surface area contributed by atoms with E-state index in [0.717, 1.165) is 35.6 Å². The van der Waals surface area contributed by atoms with Gasteiger partial charge in [-0.1, -0.05) is 42.5 Å². The predicted octanol–water partition coefficient (Wildman–Crippen LogP) is 5.04. The molecule has 2 aromatic carbocycles. The zero-order valence-electron chi connectivity index (χ0n) is 18.1. The van der Waals surface area contributed by atoms with Crippen LogP contribution >= 0.6 is 12.4 Å². The number of hydrogen-bond acceptors (Lipinski definition) is 3. The van der Waals surface area contributed by atoms with E-state index < -0.39 is 0 Å². The second-order valence-corrected chi connectivity index (χ2v) is 8.90. The van der Waals surface area contributed by atoms with Crippen LogP contribution in [0.4, 0.5) is 0 Å². The Morgan fingerprint density at radius 3 is 2.35 bits per heavy atom. The van der Waals surface area contributed by atoms with E-state index >= 15 is 0 Å². The van der Waals surface area contributed by atoms with Crippen molar-refractivity contribution in [1.29, 1.82) is 0 Å². The number of halogens is 1. The first kappa shape index (κ1) is 21.7. The Morgan fingerprint density at radius 2 is 1.71 bits per heavy atom. The summed E-state index contributed by atoms with van der Waals surface area (Å²) in [5, 5.41) is 0. The van der Waals surface area contributed by atoms with Gasteiger partial charge in [-0.3, -0.25) is 4.79 Å². The van der Waals surface area contributed by atoms with Crippen molar-refractivity contribution in [3.63, 3.8) is 0 Å². The maximum absolute atomic E-state index is 13.1. The van der Waals surface area contributed by atoms with Gasteiger partial charge in [0.05, 0.1) is 6.54 Å². The van der Waals surface area contributed by atoms with Gasteiger partial charge in [0, 0.05) is 36.1 Å². The molecule has 4 nitrogen and oxygen atoms in total. The molecule has 2 heterocycles. The molecule has 0 unspecified atom stereocenters. The summed E-state index contributed by atoms with van der Waals surface area (Å²) in [5.41, 5.74) is 4.74. The van der Waals surface area contributed by atoms with Gasteiger partial charge >= 0.3 is 0 Å². The van der Waals surface area contributed by atoms with Crippen molar-refractivity contribution in [2.45, 2.75) is 37.8 Å². The maximum Gasteiger partial charge on any atom is 0.254 e. The molecule has 1 aromatic heterocycles. The van der Waals surface area contributed by atoms with Crippen LogP contribution in [0.15, 0.2) is 65.1 Å². The van der Waals surface area contributed by atoms with Crippen molar-refractivity contribution in [2.75, 3.05) is 20.6 Å². The van der Waals surface area contributed by atoms with E-state index in [-0.39, 0.29) is 23.7 Å². The first-order valence-corrected chi connectivity index (χ1v) is 10.8. The first-order valence-electron chi connectivity index (χ1n) is 10.8. The highest BCUT2D eigenvalue weighted by molar-refractivity contribution is 5.94. The molecule has 1 aliphatic carbocycles. The van der Waals surface area contributed by atoms with Crippen molar-refractivity contribution >= 4 is 18.3 Å². The van der Waals surface area contributed by atoms with Crippen LogP contribution in [-0.4, -0.2) is 36.3 Å². The zero-order chi connectivity index (χ0) is 20.7. The van der Waals surface area contributed by atoms with E-state index in [9.17, 15) is 4.79 Å². The molecule has 2 aliphatic rings. The van der Waals surface area contributed by atoms with Gasteiger partial charge in [0.15, 0.2) is 0 Å². The molecule has 0 spiro atoms. The van der Waals surface area contributed by atoms with Gasteiger partial charge < -0.3 is 14.2 Å². The highest BCUT2D eigenvalue weighted by atomic mass is 35.5. The average molecular weight is 437 g/mol. The summed E-state index contributed by atoms with van der Waals surface area (Å²) >= 11 is 0. The van der Waals surface area contributed by atoms with Crippen molar-refractivity contribution in [3.05, 3.63) is 94.4 Å². The number of amides is 1. The van der Waals surface area contributed by atoms with Crippen molar-refractivity contribution in [3.8, 4) is 0 Å².